The van der Waals surface area contributed by atoms with Gasteiger partial charge >= 0.3 is 12.2 Å². The van der Waals surface area contributed by atoms with E-state index in [0.29, 0.717) is 31.7 Å². The van der Waals surface area contributed by atoms with E-state index in [2.05, 4.69) is 11.4 Å². The van der Waals surface area contributed by atoms with Gasteiger partial charge in [-0.2, -0.15) is 18.4 Å². The van der Waals surface area contributed by atoms with Crippen LogP contribution in [-0.4, -0.2) is 37.2 Å². The van der Waals surface area contributed by atoms with Crippen LogP contribution in [0.15, 0.2) is 24.3 Å². The van der Waals surface area contributed by atoms with Gasteiger partial charge in [0.1, 0.15) is 12.4 Å². The second kappa shape index (κ2) is 7.90. The Labute approximate surface area is 138 Å². The highest BCUT2D eigenvalue weighted by atomic mass is 19.4. The number of nitriles is 1. The lowest BCUT2D eigenvalue weighted by atomic mass is 9.99. The Kier molecular flexibility index (Phi) is 5.90. The molecule has 0 spiro atoms. The molecule has 0 unspecified atom stereocenters. The minimum absolute atomic E-state index is 0.0112. The van der Waals surface area contributed by atoms with Crippen LogP contribution in [0, 0.1) is 17.2 Å². The first-order chi connectivity index (χ1) is 11.4. The van der Waals surface area contributed by atoms with E-state index >= 15 is 0 Å². The molecule has 1 aliphatic heterocycles. The van der Waals surface area contributed by atoms with Gasteiger partial charge in [-0.3, -0.25) is 0 Å². The number of benzene rings is 1. The van der Waals surface area contributed by atoms with Crippen LogP contribution in [0.4, 0.5) is 18.0 Å². The van der Waals surface area contributed by atoms with Gasteiger partial charge < -0.3 is 15.0 Å². The number of nitrogens with zero attached hydrogens (tertiary/aromatic N) is 2. The predicted octanol–water partition coefficient (Wildman–Crippen LogP) is 3.03. The molecule has 1 N–H and O–H groups in total. The summed E-state index contributed by atoms with van der Waals surface area (Å²) in [5, 5.41) is 11.5. The van der Waals surface area contributed by atoms with Crippen molar-refractivity contribution in [3.63, 3.8) is 0 Å². The van der Waals surface area contributed by atoms with Crippen molar-refractivity contribution in [1.82, 2.24) is 10.2 Å². The van der Waals surface area contributed by atoms with E-state index in [9.17, 15) is 18.0 Å². The molecule has 0 aromatic heterocycles. The summed E-state index contributed by atoms with van der Waals surface area (Å²) in [5.74, 6) is 0.323. The van der Waals surface area contributed by atoms with Gasteiger partial charge in [-0.1, -0.05) is 0 Å². The molecule has 0 aliphatic carbocycles. The number of hydrogen-bond acceptors (Lipinski definition) is 3. The van der Waals surface area contributed by atoms with Crippen LogP contribution in [0.1, 0.15) is 18.4 Å². The molecule has 1 aliphatic rings. The molecular weight excluding hydrogens is 323 g/mol. The summed E-state index contributed by atoms with van der Waals surface area (Å²) < 4.78 is 42.6. The van der Waals surface area contributed by atoms with E-state index < -0.39 is 11.7 Å². The lowest BCUT2D eigenvalue weighted by Gasteiger charge is -2.29. The number of ether oxygens (including phenoxy) is 1. The van der Waals surface area contributed by atoms with Gasteiger partial charge in [0.2, 0.25) is 0 Å². The van der Waals surface area contributed by atoms with Crippen molar-refractivity contribution in [2.24, 2.45) is 5.92 Å². The first-order valence-corrected chi connectivity index (χ1v) is 7.62. The molecule has 2 amide bonds. The number of amides is 2. The number of likely N-dealkylation sites (tertiary alicyclic amines) is 1. The molecule has 2 rings (SSSR count). The summed E-state index contributed by atoms with van der Waals surface area (Å²) in [6.07, 6.45) is -3.02. The fourth-order valence-corrected chi connectivity index (χ4v) is 2.39. The van der Waals surface area contributed by atoms with E-state index in [0.717, 1.165) is 12.1 Å². The Balaban J connectivity index is 1.68. The molecule has 1 saturated heterocycles. The number of piperidine rings is 1. The zero-order chi connectivity index (χ0) is 17.6. The molecule has 1 fully saturated rings. The molecular formula is C16H18F3N3O2. The zero-order valence-corrected chi connectivity index (χ0v) is 13.0. The SMILES string of the molecule is N#CC1CCN(C(=O)NCCOc2ccc(C(F)(F)F)cc2)CC1. The number of nitrogens with one attached hydrogen (secondary N) is 1. The number of urea groups is 1. The highest BCUT2D eigenvalue weighted by Gasteiger charge is 2.30. The van der Waals surface area contributed by atoms with Gasteiger partial charge in [0.15, 0.2) is 0 Å². The summed E-state index contributed by atoms with van der Waals surface area (Å²) in [5.41, 5.74) is -0.732. The number of rotatable bonds is 4. The molecule has 8 heteroatoms. The summed E-state index contributed by atoms with van der Waals surface area (Å²) in [4.78, 5) is 13.6. The Bertz CT molecular complexity index is 588. The van der Waals surface area contributed by atoms with Gasteiger partial charge in [-0.05, 0) is 37.1 Å². The van der Waals surface area contributed by atoms with E-state index in [1.165, 1.54) is 12.1 Å². The summed E-state index contributed by atoms with van der Waals surface area (Å²) in [7, 11) is 0. The second-order valence-corrected chi connectivity index (χ2v) is 5.49. The van der Waals surface area contributed by atoms with Crippen LogP contribution >= 0.6 is 0 Å². The van der Waals surface area contributed by atoms with Gasteiger partial charge in [-0.25, -0.2) is 4.79 Å². The third-order valence-electron chi connectivity index (χ3n) is 3.79. The second-order valence-electron chi connectivity index (χ2n) is 5.49. The Morgan fingerprint density at radius 3 is 2.46 bits per heavy atom. The Morgan fingerprint density at radius 1 is 1.29 bits per heavy atom. The number of carbonyl (C=O) groups excluding carboxylic acids is 1. The lowest BCUT2D eigenvalue weighted by Crippen LogP contribution is -2.45. The summed E-state index contributed by atoms with van der Waals surface area (Å²) in [6, 6.07) is 6.38. The van der Waals surface area contributed by atoms with E-state index in [-0.39, 0.29) is 25.1 Å². The third kappa shape index (κ3) is 5.05. The van der Waals surface area contributed by atoms with Crippen molar-refractivity contribution in [2.75, 3.05) is 26.2 Å². The first-order valence-electron chi connectivity index (χ1n) is 7.62. The van der Waals surface area contributed by atoms with Gasteiger partial charge in [0, 0.05) is 19.0 Å². The average Bonchev–Trinajstić information content (AvgIpc) is 2.58. The van der Waals surface area contributed by atoms with Crippen molar-refractivity contribution in [3.05, 3.63) is 29.8 Å². The number of alkyl halides is 3. The summed E-state index contributed by atoms with van der Waals surface area (Å²) in [6.45, 7) is 1.50. The van der Waals surface area contributed by atoms with Crippen molar-refractivity contribution in [1.29, 1.82) is 5.26 Å². The van der Waals surface area contributed by atoms with E-state index in [4.69, 9.17) is 10.00 Å². The first kappa shape index (κ1) is 17.9. The predicted molar refractivity (Wildman–Crippen MR) is 80.2 cm³/mol. The highest BCUT2D eigenvalue weighted by Crippen LogP contribution is 2.30. The Hall–Kier alpha value is -2.43. The maximum absolute atomic E-state index is 12.4. The van der Waals surface area contributed by atoms with Crippen molar-refractivity contribution in [3.8, 4) is 11.8 Å². The monoisotopic (exact) mass is 341 g/mol. The molecule has 1 aromatic rings. The molecule has 1 heterocycles. The van der Waals surface area contributed by atoms with Crippen molar-refractivity contribution < 1.29 is 22.7 Å². The minimum Gasteiger partial charge on any atom is -0.492 e. The summed E-state index contributed by atoms with van der Waals surface area (Å²) >= 11 is 0. The van der Waals surface area contributed by atoms with Crippen LogP contribution in [0.2, 0.25) is 0 Å². The quantitative estimate of drug-likeness (QED) is 0.856. The maximum atomic E-state index is 12.4. The molecule has 130 valence electrons. The molecule has 0 radical (unpaired) electrons. The van der Waals surface area contributed by atoms with E-state index in [1.807, 2.05) is 0 Å². The normalized spacial score (nSPS) is 15.7. The van der Waals surface area contributed by atoms with Crippen LogP contribution in [0.5, 0.6) is 5.75 Å². The lowest BCUT2D eigenvalue weighted by molar-refractivity contribution is -0.137. The van der Waals surface area contributed by atoms with Crippen LogP contribution in [0.25, 0.3) is 0 Å². The van der Waals surface area contributed by atoms with Crippen LogP contribution in [0.3, 0.4) is 0 Å². The molecule has 0 atom stereocenters. The number of halogens is 3. The molecule has 0 saturated carbocycles. The molecule has 24 heavy (non-hydrogen) atoms. The maximum Gasteiger partial charge on any atom is 0.416 e. The van der Waals surface area contributed by atoms with E-state index in [1.54, 1.807) is 4.90 Å². The third-order valence-corrected chi connectivity index (χ3v) is 3.79. The van der Waals surface area contributed by atoms with Crippen LogP contribution < -0.4 is 10.1 Å². The van der Waals surface area contributed by atoms with Gasteiger partial charge in [0.25, 0.3) is 0 Å². The highest BCUT2D eigenvalue weighted by molar-refractivity contribution is 5.74. The number of hydrogen-bond donors (Lipinski definition) is 1. The smallest absolute Gasteiger partial charge is 0.416 e. The number of carbonyl (C=O) groups is 1. The average molecular weight is 341 g/mol. The molecule has 0 bridgehead atoms. The minimum atomic E-state index is -4.37. The molecule has 5 nitrogen and oxygen atoms in total. The van der Waals surface area contributed by atoms with Gasteiger partial charge in [0.05, 0.1) is 18.2 Å². The largest absolute Gasteiger partial charge is 0.492 e. The standard InChI is InChI=1S/C16H18F3N3O2/c17-16(18,19)13-1-3-14(4-2-13)24-10-7-21-15(23)22-8-5-12(11-20)6-9-22/h1-4,12H,5-10H2,(H,21,23). The van der Waals surface area contributed by atoms with Crippen molar-refractivity contribution in [2.45, 2.75) is 19.0 Å². The zero-order valence-electron chi connectivity index (χ0n) is 13.0. The fourth-order valence-electron chi connectivity index (χ4n) is 2.39. The fraction of sp³-hybridized carbons (Fsp3) is 0.500. The van der Waals surface area contributed by atoms with Crippen molar-refractivity contribution >= 4 is 6.03 Å². The topological polar surface area (TPSA) is 65.4 Å². The van der Waals surface area contributed by atoms with Crippen LogP contribution in [-0.2, 0) is 6.18 Å². The van der Waals surface area contributed by atoms with Gasteiger partial charge in [-0.15, -0.1) is 0 Å². The molecule has 1 aromatic carbocycles. The Morgan fingerprint density at radius 2 is 1.92 bits per heavy atom.